The highest BCUT2D eigenvalue weighted by Crippen LogP contribution is 2.22. The smallest absolute Gasteiger partial charge is 0.387 e. The zero-order valence-corrected chi connectivity index (χ0v) is 14.4. The van der Waals surface area contributed by atoms with Crippen LogP contribution in [0.3, 0.4) is 0 Å². The molecule has 0 saturated heterocycles. The van der Waals surface area contributed by atoms with Gasteiger partial charge in [-0.15, -0.1) is 0 Å². The van der Waals surface area contributed by atoms with Gasteiger partial charge in [0.2, 0.25) is 0 Å². The van der Waals surface area contributed by atoms with Crippen LogP contribution in [0.25, 0.3) is 6.08 Å². The van der Waals surface area contributed by atoms with Crippen molar-refractivity contribution in [2.24, 2.45) is 0 Å². The maximum absolute atomic E-state index is 12.9. The van der Waals surface area contributed by atoms with E-state index in [9.17, 15) is 22.8 Å². The summed E-state index contributed by atoms with van der Waals surface area (Å²) in [6.45, 7) is -3.49. The first-order valence-electron chi connectivity index (χ1n) is 7.48. The zero-order valence-electron chi connectivity index (χ0n) is 13.6. The Bertz CT molecular complexity index is 841. The van der Waals surface area contributed by atoms with Crippen LogP contribution < -0.4 is 10.1 Å². The van der Waals surface area contributed by atoms with Crippen LogP contribution >= 0.6 is 11.6 Å². The van der Waals surface area contributed by atoms with Crippen molar-refractivity contribution in [2.45, 2.75) is 6.61 Å². The summed E-state index contributed by atoms with van der Waals surface area (Å²) in [6.07, 6.45) is 2.45. The Morgan fingerprint density at radius 1 is 1.15 bits per heavy atom. The van der Waals surface area contributed by atoms with Crippen LogP contribution in [0.5, 0.6) is 5.75 Å². The minimum atomic E-state index is -2.92. The van der Waals surface area contributed by atoms with Crippen molar-refractivity contribution in [1.29, 1.82) is 0 Å². The Kier molecular flexibility index (Phi) is 7.25. The van der Waals surface area contributed by atoms with Gasteiger partial charge in [-0.25, -0.2) is 9.18 Å². The maximum atomic E-state index is 12.9. The number of alkyl halides is 2. The van der Waals surface area contributed by atoms with E-state index < -0.39 is 30.9 Å². The molecule has 0 unspecified atom stereocenters. The van der Waals surface area contributed by atoms with Crippen molar-refractivity contribution >= 4 is 35.2 Å². The van der Waals surface area contributed by atoms with Crippen molar-refractivity contribution in [3.05, 3.63) is 64.9 Å². The number of halogens is 4. The summed E-state index contributed by atoms with van der Waals surface area (Å²) in [7, 11) is 0. The molecule has 0 atom stereocenters. The number of esters is 1. The molecule has 0 fully saturated rings. The number of anilines is 1. The number of ether oxygens (including phenoxy) is 2. The molecule has 2 aromatic rings. The molecule has 0 aliphatic carbocycles. The molecule has 1 amide bonds. The van der Waals surface area contributed by atoms with Crippen molar-refractivity contribution in [3.8, 4) is 5.75 Å². The van der Waals surface area contributed by atoms with Crippen molar-refractivity contribution in [3.63, 3.8) is 0 Å². The van der Waals surface area contributed by atoms with Gasteiger partial charge >= 0.3 is 12.6 Å². The SMILES string of the molecule is O=C(COC(=O)/C=C/c1ccc(OC(F)F)cc1)Nc1ccc(F)cc1Cl. The van der Waals surface area contributed by atoms with Crippen LogP contribution in [0.4, 0.5) is 18.9 Å². The molecule has 0 saturated carbocycles. The molecule has 2 rings (SSSR count). The predicted molar refractivity (Wildman–Crippen MR) is 93.1 cm³/mol. The fourth-order valence-electron chi connectivity index (χ4n) is 1.89. The molecule has 0 aromatic heterocycles. The average Bonchev–Trinajstić information content (AvgIpc) is 2.61. The normalized spacial score (nSPS) is 10.9. The summed E-state index contributed by atoms with van der Waals surface area (Å²) in [4.78, 5) is 23.3. The molecule has 27 heavy (non-hydrogen) atoms. The average molecular weight is 400 g/mol. The second-order valence-electron chi connectivity index (χ2n) is 5.06. The minimum absolute atomic E-state index is 0.00819. The Morgan fingerprint density at radius 2 is 1.85 bits per heavy atom. The van der Waals surface area contributed by atoms with Gasteiger partial charge in [0.05, 0.1) is 10.7 Å². The van der Waals surface area contributed by atoms with Crippen LogP contribution in [0.2, 0.25) is 5.02 Å². The molecule has 0 spiro atoms. The molecule has 1 N–H and O–H groups in total. The van der Waals surface area contributed by atoms with Crippen molar-refractivity contribution in [1.82, 2.24) is 0 Å². The van der Waals surface area contributed by atoms with E-state index in [2.05, 4.69) is 10.1 Å². The van der Waals surface area contributed by atoms with Crippen LogP contribution in [0.15, 0.2) is 48.5 Å². The van der Waals surface area contributed by atoms with E-state index in [-0.39, 0.29) is 16.5 Å². The zero-order chi connectivity index (χ0) is 19.8. The monoisotopic (exact) mass is 399 g/mol. The van der Waals surface area contributed by atoms with E-state index in [1.807, 2.05) is 0 Å². The van der Waals surface area contributed by atoms with Crippen molar-refractivity contribution in [2.75, 3.05) is 11.9 Å². The molecular formula is C18H13ClF3NO4. The number of amides is 1. The number of hydrogen-bond donors (Lipinski definition) is 1. The third-order valence-electron chi connectivity index (χ3n) is 3.07. The molecular weight excluding hydrogens is 387 g/mol. The lowest BCUT2D eigenvalue weighted by Gasteiger charge is -2.07. The summed E-state index contributed by atoms with van der Waals surface area (Å²) in [5.74, 6) is -2.01. The Labute approximate surface area is 157 Å². The van der Waals surface area contributed by atoms with Gasteiger partial charge in [0.25, 0.3) is 5.91 Å². The minimum Gasteiger partial charge on any atom is -0.452 e. The van der Waals surface area contributed by atoms with E-state index >= 15 is 0 Å². The third-order valence-corrected chi connectivity index (χ3v) is 3.38. The molecule has 0 radical (unpaired) electrons. The van der Waals surface area contributed by atoms with Crippen LogP contribution in [0.1, 0.15) is 5.56 Å². The summed E-state index contributed by atoms with van der Waals surface area (Å²) in [5.41, 5.74) is 0.719. The molecule has 5 nitrogen and oxygen atoms in total. The molecule has 142 valence electrons. The van der Waals surface area contributed by atoms with Gasteiger partial charge in [-0.05, 0) is 42.0 Å². The third kappa shape index (κ3) is 7.02. The highest BCUT2D eigenvalue weighted by molar-refractivity contribution is 6.33. The van der Waals surface area contributed by atoms with Gasteiger partial charge in [-0.3, -0.25) is 4.79 Å². The Hall–Kier alpha value is -3.00. The first kappa shape index (κ1) is 20.3. The molecule has 0 aliphatic heterocycles. The Morgan fingerprint density at radius 3 is 2.48 bits per heavy atom. The van der Waals surface area contributed by atoms with E-state index in [0.717, 1.165) is 18.2 Å². The lowest BCUT2D eigenvalue weighted by Crippen LogP contribution is -2.20. The largest absolute Gasteiger partial charge is 0.452 e. The molecule has 0 bridgehead atoms. The van der Waals surface area contributed by atoms with Crippen LogP contribution in [-0.4, -0.2) is 25.1 Å². The van der Waals surface area contributed by atoms with E-state index in [0.29, 0.717) is 5.56 Å². The number of nitrogens with one attached hydrogen (secondary N) is 1. The van der Waals surface area contributed by atoms with Gasteiger partial charge in [0.1, 0.15) is 11.6 Å². The standard InChI is InChI=1S/C18H13ClF3NO4/c19-14-9-12(20)4-7-15(14)23-16(24)10-26-17(25)8-3-11-1-5-13(6-2-11)27-18(21)22/h1-9,18H,10H2,(H,23,24)/b8-3+. The first-order valence-corrected chi connectivity index (χ1v) is 7.86. The van der Waals surface area contributed by atoms with Crippen LogP contribution in [0, 0.1) is 5.82 Å². The van der Waals surface area contributed by atoms with Gasteiger partial charge in [0.15, 0.2) is 6.61 Å². The molecule has 9 heteroatoms. The van der Waals surface area contributed by atoms with Gasteiger partial charge in [0, 0.05) is 6.08 Å². The maximum Gasteiger partial charge on any atom is 0.387 e. The first-order chi connectivity index (χ1) is 12.8. The lowest BCUT2D eigenvalue weighted by atomic mass is 10.2. The van der Waals surface area contributed by atoms with Gasteiger partial charge < -0.3 is 14.8 Å². The molecule has 2 aromatic carbocycles. The van der Waals surface area contributed by atoms with E-state index in [1.54, 1.807) is 0 Å². The number of rotatable bonds is 7. The number of carbonyl (C=O) groups is 2. The van der Waals surface area contributed by atoms with Crippen LogP contribution in [-0.2, 0) is 14.3 Å². The van der Waals surface area contributed by atoms with Crippen molar-refractivity contribution < 1.29 is 32.2 Å². The highest BCUT2D eigenvalue weighted by Gasteiger charge is 2.09. The number of carbonyl (C=O) groups excluding carboxylic acids is 2. The summed E-state index contributed by atoms with van der Waals surface area (Å²) in [5, 5.41) is 2.38. The van der Waals surface area contributed by atoms with E-state index in [4.69, 9.17) is 16.3 Å². The quantitative estimate of drug-likeness (QED) is 0.557. The fraction of sp³-hybridized carbons (Fsp3) is 0.111. The summed E-state index contributed by atoms with van der Waals surface area (Å²) in [6, 6.07) is 8.99. The predicted octanol–water partition coefficient (Wildman–Crippen LogP) is 4.28. The second-order valence-corrected chi connectivity index (χ2v) is 5.47. The van der Waals surface area contributed by atoms with E-state index in [1.165, 1.54) is 36.4 Å². The summed E-state index contributed by atoms with van der Waals surface area (Å²) >= 11 is 5.77. The Balaban J connectivity index is 1.81. The number of benzene rings is 2. The summed E-state index contributed by atoms with van der Waals surface area (Å²) < 4.78 is 46.0. The second kappa shape index (κ2) is 9.63. The lowest BCUT2D eigenvalue weighted by molar-refractivity contribution is -0.142. The fourth-order valence-corrected chi connectivity index (χ4v) is 2.10. The molecule has 0 heterocycles. The number of hydrogen-bond acceptors (Lipinski definition) is 4. The topological polar surface area (TPSA) is 64.6 Å². The van der Waals surface area contributed by atoms with Gasteiger partial charge in [-0.2, -0.15) is 8.78 Å². The molecule has 0 aliphatic rings. The highest BCUT2D eigenvalue weighted by atomic mass is 35.5. The van der Waals surface area contributed by atoms with Gasteiger partial charge in [-0.1, -0.05) is 23.7 Å².